The first-order valence-corrected chi connectivity index (χ1v) is 7.19. The summed E-state index contributed by atoms with van der Waals surface area (Å²) in [6.45, 7) is 7.74. The third-order valence-corrected chi connectivity index (χ3v) is 4.94. The van der Waals surface area contributed by atoms with Gasteiger partial charge in [-0.15, -0.1) is 0 Å². The Bertz CT molecular complexity index is 285. The van der Waals surface area contributed by atoms with Crippen LogP contribution in [0.5, 0.6) is 0 Å². The van der Waals surface area contributed by atoms with E-state index < -0.39 is 0 Å². The molecule has 0 N–H and O–H groups in total. The molecule has 1 spiro atoms. The normalized spacial score (nSPS) is 25.0. The van der Waals surface area contributed by atoms with E-state index in [2.05, 4.69) is 24.8 Å². The van der Waals surface area contributed by atoms with E-state index in [1.165, 1.54) is 51.6 Å². The van der Waals surface area contributed by atoms with E-state index in [-0.39, 0.29) is 5.41 Å². The van der Waals surface area contributed by atoms with Crippen LogP contribution >= 0.6 is 0 Å². The van der Waals surface area contributed by atoms with Crippen molar-refractivity contribution in [3.8, 4) is 6.07 Å². The van der Waals surface area contributed by atoms with Crippen molar-refractivity contribution in [3.63, 3.8) is 0 Å². The molecule has 2 fully saturated rings. The molecule has 0 atom stereocenters. The quantitative estimate of drug-likeness (QED) is 0.746. The largest absolute Gasteiger partial charge is 0.303 e. The lowest BCUT2D eigenvalue weighted by Gasteiger charge is -2.40. The van der Waals surface area contributed by atoms with E-state index in [1.807, 2.05) is 0 Å². The summed E-state index contributed by atoms with van der Waals surface area (Å²) in [4.78, 5) is 2.57. The molecule has 1 saturated carbocycles. The molecule has 1 aliphatic heterocycles. The molecule has 96 valence electrons. The highest BCUT2D eigenvalue weighted by atomic mass is 15.1. The lowest BCUT2D eigenvalue weighted by Crippen LogP contribution is -2.40. The van der Waals surface area contributed by atoms with Crippen molar-refractivity contribution in [2.75, 3.05) is 19.6 Å². The van der Waals surface area contributed by atoms with E-state index in [0.717, 1.165) is 18.4 Å². The molecule has 2 aliphatic rings. The fourth-order valence-corrected chi connectivity index (χ4v) is 3.37. The van der Waals surface area contributed by atoms with Crippen LogP contribution in [0, 0.1) is 22.2 Å². The van der Waals surface area contributed by atoms with Gasteiger partial charge in [-0.2, -0.15) is 5.26 Å². The van der Waals surface area contributed by atoms with Crippen LogP contribution < -0.4 is 0 Å². The summed E-state index contributed by atoms with van der Waals surface area (Å²) in [5, 5.41) is 9.02. The van der Waals surface area contributed by atoms with Gasteiger partial charge in [0, 0.05) is 0 Å². The Morgan fingerprint density at radius 1 is 1.12 bits per heavy atom. The zero-order valence-electron chi connectivity index (χ0n) is 11.5. The van der Waals surface area contributed by atoms with Crippen molar-refractivity contribution >= 4 is 0 Å². The third kappa shape index (κ3) is 3.22. The molecule has 0 amide bonds. The molecule has 1 aliphatic carbocycles. The molecule has 0 aromatic carbocycles. The molecule has 0 aromatic heterocycles. The SMILES string of the molecule is CC(C)(C#N)CCN1CCC2(CCCC2)CC1. The maximum atomic E-state index is 9.02. The second kappa shape index (κ2) is 4.98. The zero-order valence-corrected chi connectivity index (χ0v) is 11.5. The maximum Gasteiger partial charge on any atom is 0.0684 e. The molecule has 2 rings (SSSR count). The summed E-state index contributed by atoms with van der Waals surface area (Å²) < 4.78 is 0. The fourth-order valence-electron chi connectivity index (χ4n) is 3.37. The highest BCUT2D eigenvalue weighted by molar-refractivity contribution is 4.93. The van der Waals surface area contributed by atoms with Gasteiger partial charge >= 0.3 is 0 Å². The molecule has 0 unspecified atom stereocenters. The minimum atomic E-state index is -0.150. The van der Waals surface area contributed by atoms with Crippen molar-refractivity contribution in [2.45, 2.75) is 58.8 Å². The van der Waals surface area contributed by atoms with Gasteiger partial charge in [0.15, 0.2) is 0 Å². The van der Waals surface area contributed by atoms with E-state index in [4.69, 9.17) is 5.26 Å². The van der Waals surface area contributed by atoms with Gasteiger partial charge in [0.05, 0.1) is 11.5 Å². The number of hydrogen-bond acceptors (Lipinski definition) is 2. The Morgan fingerprint density at radius 2 is 1.71 bits per heavy atom. The van der Waals surface area contributed by atoms with Crippen LogP contribution in [-0.4, -0.2) is 24.5 Å². The summed E-state index contributed by atoms with van der Waals surface area (Å²) in [5.41, 5.74) is 0.573. The molecule has 2 heteroatoms. The Balaban J connectivity index is 1.74. The number of likely N-dealkylation sites (tertiary alicyclic amines) is 1. The van der Waals surface area contributed by atoms with Gasteiger partial charge in [-0.1, -0.05) is 12.8 Å². The van der Waals surface area contributed by atoms with E-state index in [1.54, 1.807) is 0 Å². The number of rotatable bonds is 3. The molecule has 0 bridgehead atoms. The van der Waals surface area contributed by atoms with E-state index in [0.29, 0.717) is 0 Å². The Hall–Kier alpha value is -0.550. The molecule has 1 saturated heterocycles. The number of hydrogen-bond donors (Lipinski definition) is 0. The van der Waals surface area contributed by atoms with Gasteiger partial charge in [0.2, 0.25) is 0 Å². The Morgan fingerprint density at radius 3 is 2.24 bits per heavy atom. The predicted octanol–water partition coefficient (Wildman–Crippen LogP) is 3.58. The Kier molecular flexibility index (Phi) is 3.78. The predicted molar refractivity (Wildman–Crippen MR) is 70.6 cm³/mol. The lowest BCUT2D eigenvalue weighted by molar-refractivity contribution is 0.102. The maximum absolute atomic E-state index is 9.02. The van der Waals surface area contributed by atoms with Gasteiger partial charge in [0.1, 0.15) is 0 Å². The van der Waals surface area contributed by atoms with Gasteiger partial charge in [-0.25, -0.2) is 0 Å². The second-order valence-corrected chi connectivity index (χ2v) is 6.79. The highest BCUT2D eigenvalue weighted by Crippen LogP contribution is 2.46. The minimum Gasteiger partial charge on any atom is -0.303 e. The standard InChI is InChI=1S/C15H26N2/c1-14(2,13-16)7-10-17-11-8-15(9-12-17)5-3-4-6-15/h3-12H2,1-2H3. The van der Waals surface area contributed by atoms with Crippen molar-refractivity contribution < 1.29 is 0 Å². The first kappa shape index (κ1) is 12.9. The molecular weight excluding hydrogens is 208 g/mol. The number of piperidine rings is 1. The number of nitrogens with zero attached hydrogens (tertiary/aromatic N) is 2. The zero-order chi connectivity index (χ0) is 12.4. The second-order valence-electron chi connectivity index (χ2n) is 6.79. The van der Waals surface area contributed by atoms with Crippen LogP contribution in [0.4, 0.5) is 0 Å². The van der Waals surface area contributed by atoms with E-state index >= 15 is 0 Å². The van der Waals surface area contributed by atoms with Crippen LogP contribution in [0.1, 0.15) is 58.8 Å². The number of nitriles is 1. The monoisotopic (exact) mass is 234 g/mol. The topological polar surface area (TPSA) is 27.0 Å². The molecule has 2 nitrogen and oxygen atoms in total. The Labute approximate surface area is 106 Å². The van der Waals surface area contributed by atoms with Crippen LogP contribution in [0.15, 0.2) is 0 Å². The summed E-state index contributed by atoms with van der Waals surface area (Å²) in [6, 6.07) is 2.40. The van der Waals surface area contributed by atoms with Gasteiger partial charge in [0.25, 0.3) is 0 Å². The summed E-state index contributed by atoms with van der Waals surface area (Å²) in [6.07, 6.45) is 9.69. The molecular formula is C15H26N2. The summed E-state index contributed by atoms with van der Waals surface area (Å²) >= 11 is 0. The average Bonchev–Trinajstić information content (AvgIpc) is 2.77. The molecule has 1 heterocycles. The van der Waals surface area contributed by atoms with Crippen molar-refractivity contribution in [3.05, 3.63) is 0 Å². The minimum absolute atomic E-state index is 0.150. The smallest absolute Gasteiger partial charge is 0.0684 e. The molecule has 0 radical (unpaired) electrons. The molecule has 0 aromatic rings. The first-order chi connectivity index (χ1) is 8.05. The first-order valence-electron chi connectivity index (χ1n) is 7.19. The van der Waals surface area contributed by atoms with Gasteiger partial charge in [-0.05, 0) is 71.0 Å². The van der Waals surface area contributed by atoms with E-state index in [9.17, 15) is 0 Å². The van der Waals surface area contributed by atoms with Crippen LogP contribution in [-0.2, 0) is 0 Å². The molecule has 17 heavy (non-hydrogen) atoms. The van der Waals surface area contributed by atoms with Crippen LogP contribution in [0.3, 0.4) is 0 Å². The average molecular weight is 234 g/mol. The summed E-state index contributed by atoms with van der Waals surface area (Å²) in [5.74, 6) is 0. The van der Waals surface area contributed by atoms with Crippen molar-refractivity contribution in [1.29, 1.82) is 5.26 Å². The fraction of sp³-hybridized carbons (Fsp3) is 0.933. The lowest BCUT2D eigenvalue weighted by atomic mass is 9.77. The van der Waals surface area contributed by atoms with Crippen molar-refractivity contribution in [2.24, 2.45) is 10.8 Å². The van der Waals surface area contributed by atoms with Crippen LogP contribution in [0.25, 0.3) is 0 Å². The van der Waals surface area contributed by atoms with Gasteiger partial charge in [-0.3, -0.25) is 0 Å². The third-order valence-electron chi connectivity index (χ3n) is 4.94. The van der Waals surface area contributed by atoms with Crippen molar-refractivity contribution in [1.82, 2.24) is 4.90 Å². The summed E-state index contributed by atoms with van der Waals surface area (Å²) in [7, 11) is 0. The van der Waals surface area contributed by atoms with Crippen LogP contribution in [0.2, 0.25) is 0 Å². The highest BCUT2D eigenvalue weighted by Gasteiger charge is 2.36. The van der Waals surface area contributed by atoms with Gasteiger partial charge < -0.3 is 4.90 Å².